The number of amides is 1. The Labute approximate surface area is 137 Å². The summed E-state index contributed by atoms with van der Waals surface area (Å²) in [5, 5.41) is 6.03. The molecule has 1 aromatic carbocycles. The fourth-order valence-electron chi connectivity index (χ4n) is 2.52. The molecule has 1 aliphatic rings. The van der Waals surface area contributed by atoms with Crippen LogP contribution in [0.2, 0.25) is 0 Å². The van der Waals surface area contributed by atoms with Crippen molar-refractivity contribution in [3.63, 3.8) is 0 Å². The van der Waals surface area contributed by atoms with Crippen molar-refractivity contribution < 1.29 is 13.9 Å². The number of nitrogens with one attached hydrogen (secondary N) is 2. The second-order valence-corrected chi connectivity index (χ2v) is 6.77. The van der Waals surface area contributed by atoms with E-state index in [1.54, 1.807) is 6.07 Å². The van der Waals surface area contributed by atoms with E-state index in [2.05, 4.69) is 15.5 Å². The van der Waals surface area contributed by atoms with E-state index in [0.29, 0.717) is 12.1 Å². The van der Waals surface area contributed by atoms with Gasteiger partial charge in [0.15, 0.2) is 0 Å². The number of carbonyl (C=O) groups is 1. The summed E-state index contributed by atoms with van der Waals surface area (Å²) in [6.45, 7) is 10.2. The van der Waals surface area contributed by atoms with Gasteiger partial charge < -0.3 is 15.0 Å². The zero-order chi connectivity index (χ0) is 16.9. The Morgan fingerprint density at radius 3 is 2.70 bits per heavy atom. The first-order valence-corrected chi connectivity index (χ1v) is 8.05. The number of nitrogens with zero attached hydrogens (tertiary/aromatic N) is 1. The molecule has 2 rings (SSSR count). The molecule has 1 heterocycles. The van der Waals surface area contributed by atoms with E-state index in [-0.39, 0.29) is 5.82 Å². The third-order valence-corrected chi connectivity index (χ3v) is 3.61. The summed E-state index contributed by atoms with van der Waals surface area (Å²) >= 11 is 0. The van der Waals surface area contributed by atoms with Gasteiger partial charge in [-0.1, -0.05) is 0 Å². The highest BCUT2D eigenvalue weighted by molar-refractivity contribution is 5.85. The summed E-state index contributed by atoms with van der Waals surface area (Å²) in [6.07, 6.45) is 0.163. The lowest BCUT2D eigenvalue weighted by Crippen LogP contribution is -2.44. The standard InChI is InChI=1S/C17H26FN3O2/c1-17(2,3)23-16(22)20-15-5-4-14(18)12-13(15)6-9-21-10-7-19-8-11-21/h4-5,12,19H,6-11H2,1-3H3,(H,20,22). The SMILES string of the molecule is CC(C)(C)OC(=O)Nc1ccc(F)cc1CCN1CCNCC1. The number of carbonyl (C=O) groups excluding carboxylic acids is 1. The Morgan fingerprint density at radius 1 is 1.35 bits per heavy atom. The molecule has 2 N–H and O–H groups in total. The summed E-state index contributed by atoms with van der Waals surface area (Å²) in [4.78, 5) is 14.3. The number of benzene rings is 1. The Balaban J connectivity index is 2.00. The number of hydrogen-bond acceptors (Lipinski definition) is 4. The van der Waals surface area contributed by atoms with Crippen molar-refractivity contribution in [3.05, 3.63) is 29.6 Å². The third-order valence-electron chi connectivity index (χ3n) is 3.61. The zero-order valence-corrected chi connectivity index (χ0v) is 14.1. The van der Waals surface area contributed by atoms with Crippen LogP contribution in [0, 0.1) is 5.82 Å². The van der Waals surface area contributed by atoms with Crippen LogP contribution in [0.1, 0.15) is 26.3 Å². The van der Waals surface area contributed by atoms with E-state index >= 15 is 0 Å². The first-order valence-electron chi connectivity index (χ1n) is 8.05. The number of ether oxygens (including phenoxy) is 1. The van der Waals surface area contributed by atoms with Gasteiger partial charge in [-0.25, -0.2) is 9.18 Å². The lowest BCUT2D eigenvalue weighted by Gasteiger charge is -2.27. The van der Waals surface area contributed by atoms with Gasteiger partial charge in [-0.3, -0.25) is 5.32 Å². The lowest BCUT2D eigenvalue weighted by atomic mass is 10.1. The van der Waals surface area contributed by atoms with Crippen LogP contribution in [0.3, 0.4) is 0 Å². The number of anilines is 1. The van der Waals surface area contributed by atoms with Crippen molar-refractivity contribution in [2.45, 2.75) is 32.8 Å². The topological polar surface area (TPSA) is 53.6 Å². The number of hydrogen-bond donors (Lipinski definition) is 2. The van der Waals surface area contributed by atoms with E-state index in [9.17, 15) is 9.18 Å². The minimum Gasteiger partial charge on any atom is -0.444 e. The van der Waals surface area contributed by atoms with Gasteiger partial charge in [0, 0.05) is 38.4 Å². The molecule has 1 amide bonds. The van der Waals surface area contributed by atoms with Crippen molar-refractivity contribution in [1.82, 2.24) is 10.2 Å². The van der Waals surface area contributed by atoms with Crippen molar-refractivity contribution in [2.24, 2.45) is 0 Å². The summed E-state index contributed by atoms with van der Waals surface area (Å²) in [5.41, 5.74) is 0.829. The Bertz CT molecular complexity index is 537. The molecule has 0 radical (unpaired) electrons. The molecule has 1 fully saturated rings. The minimum absolute atomic E-state index is 0.296. The second kappa shape index (κ2) is 7.75. The Morgan fingerprint density at radius 2 is 2.04 bits per heavy atom. The van der Waals surface area contributed by atoms with Crippen molar-refractivity contribution in [2.75, 3.05) is 38.0 Å². The summed E-state index contributed by atoms with van der Waals surface area (Å²) in [5.74, 6) is -0.296. The van der Waals surface area contributed by atoms with Crippen LogP contribution in [0.25, 0.3) is 0 Å². The van der Waals surface area contributed by atoms with Gasteiger partial charge in [0.25, 0.3) is 0 Å². The number of halogens is 1. The molecular weight excluding hydrogens is 297 g/mol. The van der Waals surface area contributed by atoms with E-state index in [0.717, 1.165) is 38.3 Å². The zero-order valence-electron chi connectivity index (χ0n) is 14.1. The highest BCUT2D eigenvalue weighted by Gasteiger charge is 2.18. The summed E-state index contributed by atoms with van der Waals surface area (Å²) in [6, 6.07) is 4.42. The van der Waals surface area contributed by atoms with E-state index < -0.39 is 11.7 Å². The average Bonchev–Trinajstić information content (AvgIpc) is 2.46. The molecular formula is C17H26FN3O2. The largest absolute Gasteiger partial charge is 0.444 e. The molecule has 0 aliphatic carbocycles. The van der Waals surface area contributed by atoms with Gasteiger partial charge in [0.1, 0.15) is 11.4 Å². The first kappa shape index (κ1) is 17.7. The van der Waals surface area contributed by atoms with Crippen LogP contribution in [0.4, 0.5) is 14.9 Å². The molecule has 5 nitrogen and oxygen atoms in total. The first-order chi connectivity index (χ1) is 10.8. The van der Waals surface area contributed by atoms with Crippen molar-refractivity contribution in [1.29, 1.82) is 0 Å². The van der Waals surface area contributed by atoms with E-state index in [1.165, 1.54) is 12.1 Å². The fourth-order valence-corrected chi connectivity index (χ4v) is 2.52. The molecule has 1 aromatic rings. The molecule has 1 aliphatic heterocycles. The maximum absolute atomic E-state index is 13.6. The van der Waals surface area contributed by atoms with Crippen LogP contribution in [0.15, 0.2) is 18.2 Å². The molecule has 0 bridgehead atoms. The summed E-state index contributed by atoms with van der Waals surface area (Å²) in [7, 11) is 0. The quantitative estimate of drug-likeness (QED) is 0.894. The van der Waals surface area contributed by atoms with Crippen LogP contribution < -0.4 is 10.6 Å². The van der Waals surface area contributed by atoms with Gasteiger partial charge >= 0.3 is 6.09 Å². The molecule has 0 unspecified atom stereocenters. The summed E-state index contributed by atoms with van der Waals surface area (Å²) < 4.78 is 18.8. The average molecular weight is 323 g/mol. The highest BCUT2D eigenvalue weighted by atomic mass is 19.1. The predicted octanol–water partition coefficient (Wildman–Crippen LogP) is 2.62. The van der Waals surface area contributed by atoms with E-state index in [1.807, 2.05) is 20.8 Å². The van der Waals surface area contributed by atoms with Crippen LogP contribution in [0.5, 0.6) is 0 Å². The minimum atomic E-state index is -0.564. The maximum Gasteiger partial charge on any atom is 0.412 e. The monoisotopic (exact) mass is 323 g/mol. The molecule has 0 saturated carbocycles. The molecule has 128 valence electrons. The van der Waals surface area contributed by atoms with Crippen LogP contribution in [-0.2, 0) is 11.2 Å². The molecule has 0 spiro atoms. The van der Waals surface area contributed by atoms with Crippen molar-refractivity contribution in [3.8, 4) is 0 Å². The highest BCUT2D eigenvalue weighted by Crippen LogP contribution is 2.19. The molecule has 23 heavy (non-hydrogen) atoms. The molecule has 1 saturated heterocycles. The Kier molecular flexibility index (Phi) is 5.96. The van der Waals surface area contributed by atoms with Gasteiger partial charge in [0.05, 0.1) is 0 Å². The molecule has 0 atom stereocenters. The second-order valence-electron chi connectivity index (χ2n) is 6.77. The van der Waals surface area contributed by atoms with Gasteiger partial charge in [-0.05, 0) is 51.0 Å². The Hall–Kier alpha value is -1.66. The van der Waals surface area contributed by atoms with Gasteiger partial charge in [0.2, 0.25) is 0 Å². The predicted molar refractivity (Wildman–Crippen MR) is 89.3 cm³/mol. The number of piperazine rings is 1. The molecule has 6 heteroatoms. The molecule has 0 aromatic heterocycles. The smallest absolute Gasteiger partial charge is 0.412 e. The number of rotatable bonds is 4. The van der Waals surface area contributed by atoms with Gasteiger partial charge in [-0.2, -0.15) is 0 Å². The van der Waals surface area contributed by atoms with Gasteiger partial charge in [-0.15, -0.1) is 0 Å². The lowest BCUT2D eigenvalue weighted by molar-refractivity contribution is 0.0635. The van der Waals surface area contributed by atoms with Crippen LogP contribution >= 0.6 is 0 Å². The normalized spacial score (nSPS) is 16.2. The van der Waals surface area contributed by atoms with E-state index in [4.69, 9.17) is 4.74 Å². The fraction of sp³-hybridized carbons (Fsp3) is 0.588. The van der Waals surface area contributed by atoms with Crippen molar-refractivity contribution >= 4 is 11.8 Å². The maximum atomic E-state index is 13.6. The van der Waals surface area contributed by atoms with Crippen LogP contribution in [-0.4, -0.2) is 49.3 Å². The third kappa shape index (κ3) is 6.15.